The van der Waals surface area contributed by atoms with Crippen LogP contribution in [0.1, 0.15) is 0 Å². The van der Waals surface area contributed by atoms with E-state index in [1.807, 2.05) is 0 Å². The van der Waals surface area contributed by atoms with Crippen molar-refractivity contribution >= 4 is 18.9 Å². The summed E-state index contributed by atoms with van der Waals surface area (Å²) in [4.78, 5) is 9.47. The van der Waals surface area contributed by atoms with Crippen molar-refractivity contribution in [3.63, 3.8) is 0 Å². The Labute approximate surface area is 76.0 Å². The molecule has 5 heteroatoms. The summed E-state index contributed by atoms with van der Waals surface area (Å²) in [5, 5.41) is 11.2. The fourth-order valence-corrected chi connectivity index (χ4v) is 2.06. The summed E-state index contributed by atoms with van der Waals surface area (Å²) in [6, 6.07) is 8.30. The predicted molar refractivity (Wildman–Crippen MR) is 51.0 cm³/mol. The summed E-state index contributed by atoms with van der Waals surface area (Å²) in [5.41, 5.74) is 0. The quantitative estimate of drug-likeness (QED) is 0.330. The Bertz CT molecular complexity index is 337. The van der Waals surface area contributed by atoms with Gasteiger partial charge in [-0.15, -0.1) is 5.16 Å². The van der Waals surface area contributed by atoms with E-state index in [0.29, 0.717) is 5.30 Å². The molecule has 1 atom stereocenters. The molecule has 0 saturated carbocycles. The third-order valence-corrected chi connectivity index (χ3v) is 3.33. The first-order valence-corrected chi connectivity index (χ1v) is 5.54. The van der Waals surface area contributed by atoms with Crippen LogP contribution in [0.4, 0.5) is 0 Å². The average molecular weight is 199 g/mol. The molecule has 0 fully saturated rings. The number of hydrogen-bond acceptors (Lipinski definition) is 3. The molecule has 0 aromatic heterocycles. The molecule has 0 heterocycles. The van der Waals surface area contributed by atoms with Gasteiger partial charge in [0, 0.05) is 5.30 Å². The van der Waals surface area contributed by atoms with Crippen LogP contribution in [0.3, 0.4) is 0 Å². The van der Waals surface area contributed by atoms with Crippen LogP contribution in [-0.2, 0) is 4.57 Å². The van der Waals surface area contributed by atoms with Crippen LogP contribution in [0.15, 0.2) is 35.5 Å². The molecular formula is C8H10NO3P. The molecule has 13 heavy (non-hydrogen) atoms. The number of hydrogen-bond donors (Lipinski definition) is 2. The molecule has 70 valence electrons. The topological polar surface area (TPSA) is 69.9 Å². The molecule has 0 aliphatic carbocycles. The zero-order valence-electron chi connectivity index (χ0n) is 6.87. The van der Waals surface area contributed by atoms with Gasteiger partial charge < -0.3 is 10.1 Å². The van der Waals surface area contributed by atoms with Gasteiger partial charge in [-0.1, -0.05) is 18.2 Å². The largest absolute Gasteiger partial charge is 0.411 e. The molecule has 2 N–H and O–H groups in total. The van der Waals surface area contributed by atoms with E-state index in [4.69, 9.17) is 5.21 Å². The predicted octanol–water partition coefficient (Wildman–Crippen LogP) is 1.04. The normalized spacial score (nSPS) is 15.8. The van der Waals surface area contributed by atoms with Crippen molar-refractivity contribution in [2.75, 3.05) is 6.16 Å². The Morgan fingerprint density at radius 1 is 1.38 bits per heavy atom. The summed E-state index contributed by atoms with van der Waals surface area (Å²) in [6.07, 6.45) is 0.876. The van der Waals surface area contributed by atoms with Gasteiger partial charge in [0.2, 0.25) is 7.37 Å². The second-order valence-electron chi connectivity index (χ2n) is 2.52. The highest BCUT2D eigenvalue weighted by Crippen LogP contribution is 2.37. The van der Waals surface area contributed by atoms with Gasteiger partial charge in [-0.2, -0.15) is 0 Å². The van der Waals surface area contributed by atoms with E-state index in [1.54, 1.807) is 30.3 Å². The van der Waals surface area contributed by atoms with Crippen molar-refractivity contribution in [1.29, 1.82) is 0 Å². The Morgan fingerprint density at radius 3 is 2.54 bits per heavy atom. The maximum absolute atomic E-state index is 11.5. The van der Waals surface area contributed by atoms with Crippen LogP contribution in [0.5, 0.6) is 0 Å². The fourth-order valence-electron chi connectivity index (χ4n) is 0.914. The van der Waals surface area contributed by atoms with Crippen LogP contribution in [0.25, 0.3) is 0 Å². The lowest BCUT2D eigenvalue weighted by Crippen LogP contribution is -2.07. The average Bonchev–Trinajstić information content (AvgIpc) is 2.16. The van der Waals surface area contributed by atoms with Crippen LogP contribution in [0, 0.1) is 0 Å². The SMILES string of the molecule is O=P(O)(CC=NO)c1ccccc1. The number of nitrogens with zero attached hydrogens (tertiary/aromatic N) is 1. The van der Waals surface area contributed by atoms with Gasteiger partial charge in [0.1, 0.15) is 0 Å². The van der Waals surface area contributed by atoms with E-state index < -0.39 is 7.37 Å². The van der Waals surface area contributed by atoms with Gasteiger partial charge >= 0.3 is 0 Å². The lowest BCUT2D eigenvalue weighted by atomic mass is 10.4. The van der Waals surface area contributed by atoms with Crippen molar-refractivity contribution in [2.24, 2.45) is 5.16 Å². The summed E-state index contributed by atoms with van der Waals surface area (Å²) in [7, 11) is -3.37. The van der Waals surface area contributed by atoms with Crippen molar-refractivity contribution in [1.82, 2.24) is 0 Å². The number of oxime groups is 1. The second-order valence-corrected chi connectivity index (χ2v) is 4.80. The number of rotatable bonds is 3. The van der Waals surface area contributed by atoms with E-state index in [-0.39, 0.29) is 6.16 Å². The van der Waals surface area contributed by atoms with Crippen LogP contribution in [0.2, 0.25) is 0 Å². The maximum atomic E-state index is 11.5. The highest BCUT2D eigenvalue weighted by molar-refractivity contribution is 7.66. The van der Waals surface area contributed by atoms with Crippen molar-refractivity contribution in [3.8, 4) is 0 Å². The van der Waals surface area contributed by atoms with Crippen molar-refractivity contribution in [2.45, 2.75) is 0 Å². The zero-order valence-corrected chi connectivity index (χ0v) is 7.76. The van der Waals surface area contributed by atoms with Crippen molar-refractivity contribution < 1.29 is 14.7 Å². The van der Waals surface area contributed by atoms with Gasteiger partial charge in [0.25, 0.3) is 0 Å². The molecule has 1 unspecified atom stereocenters. The van der Waals surface area contributed by atoms with E-state index in [2.05, 4.69) is 5.16 Å². The molecule has 1 rings (SSSR count). The molecule has 0 bridgehead atoms. The lowest BCUT2D eigenvalue weighted by molar-refractivity contribution is 0.321. The van der Waals surface area contributed by atoms with Gasteiger partial charge in [-0.3, -0.25) is 4.57 Å². The molecule has 0 spiro atoms. The standard InChI is InChI=1S/C8H10NO3P/c10-9-6-7-13(11,12)8-4-2-1-3-5-8/h1-6,10H,7H2,(H,11,12). The summed E-state index contributed by atoms with van der Waals surface area (Å²) in [5.74, 6) is 0. The molecule has 0 amide bonds. The minimum Gasteiger partial charge on any atom is -0.411 e. The van der Waals surface area contributed by atoms with Crippen LogP contribution >= 0.6 is 7.37 Å². The molecule has 1 aromatic carbocycles. The van der Waals surface area contributed by atoms with E-state index >= 15 is 0 Å². The molecule has 0 aliphatic rings. The zero-order chi connectivity index (χ0) is 9.73. The molecule has 0 radical (unpaired) electrons. The Balaban J connectivity index is 2.88. The fraction of sp³-hybridized carbons (Fsp3) is 0.125. The maximum Gasteiger partial charge on any atom is 0.234 e. The van der Waals surface area contributed by atoms with E-state index in [1.165, 1.54) is 0 Å². The van der Waals surface area contributed by atoms with Gasteiger partial charge in [-0.25, -0.2) is 0 Å². The smallest absolute Gasteiger partial charge is 0.234 e. The third-order valence-electron chi connectivity index (χ3n) is 1.57. The minimum atomic E-state index is -3.37. The molecular weight excluding hydrogens is 189 g/mol. The van der Waals surface area contributed by atoms with Gasteiger partial charge in [0.15, 0.2) is 0 Å². The lowest BCUT2D eigenvalue weighted by Gasteiger charge is -2.07. The Kier molecular flexibility index (Phi) is 3.23. The van der Waals surface area contributed by atoms with Crippen molar-refractivity contribution in [3.05, 3.63) is 30.3 Å². The molecule has 0 saturated heterocycles. The van der Waals surface area contributed by atoms with Crippen LogP contribution < -0.4 is 5.30 Å². The van der Waals surface area contributed by atoms with Gasteiger partial charge in [-0.05, 0) is 12.1 Å². The molecule has 0 aliphatic heterocycles. The van der Waals surface area contributed by atoms with Crippen LogP contribution in [-0.4, -0.2) is 22.5 Å². The summed E-state index contributed by atoms with van der Waals surface area (Å²) >= 11 is 0. The summed E-state index contributed by atoms with van der Waals surface area (Å²) < 4.78 is 11.5. The highest BCUT2D eigenvalue weighted by atomic mass is 31.2. The van der Waals surface area contributed by atoms with E-state index in [0.717, 1.165) is 6.21 Å². The second kappa shape index (κ2) is 4.21. The van der Waals surface area contributed by atoms with Gasteiger partial charge in [0.05, 0.1) is 12.4 Å². The Hall–Kier alpha value is -1.12. The van der Waals surface area contributed by atoms with E-state index in [9.17, 15) is 9.46 Å². The molecule has 4 nitrogen and oxygen atoms in total. The number of benzene rings is 1. The monoisotopic (exact) mass is 199 g/mol. The highest BCUT2D eigenvalue weighted by Gasteiger charge is 2.18. The third kappa shape index (κ3) is 2.68. The Morgan fingerprint density at radius 2 is 2.00 bits per heavy atom. The summed E-state index contributed by atoms with van der Waals surface area (Å²) in [6.45, 7) is 0. The first-order valence-electron chi connectivity index (χ1n) is 3.70. The molecule has 1 aromatic rings. The first kappa shape index (κ1) is 9.96. The minimum absolute atomic E-state index is 0.145. The first-order chi connectivity index (χ1) is 6.17.